The van der Waals surface area contributed by atoms with Gasteiger partial charge in [0.1, 0.15) is 5.75 Å². The van der Waals surface area contributed by atoms with E-state index in [1.54, 1.807) is 0 Å². The summed E-state index contributed by atoms with van der Waals surface area (Å²) in [5.74, 6) is 0.872. The molecule has 0 heterocycles. The zero-order chi connectivity index (χ0) is 18.4. The van der Waals surface area contributed by atoms with Crippen molar-refractivity contribution in [2.45, 2.75) is 26.2 Å². The third-order valence-electron chi connectivity index (χ3n) is 4.29. The molecule has 2 aromatic rings. The Hall–Kier alpha value is -2.82. The fourth-order valence-electron chi connectivity index (χ4n) is 2.56. The van der Waals surface area contributed by atoms with Crippen LogP contribution in [0.2, 0.25) is 0 Å². The summed E-state index contributed by atoms with van der Waals surface area (Å²) in [6.07, 6.45) is 2.83. The summed E-state index contributed by atoms with van der Waals surface area (Å²) >= 11 is 0. The summed E-state index contributed by atoms with van der Waals surface area (Å²) in [5, 5.41) is 5.75. The van der Waals surface area contributed by atoms with Crippen LogP contribution in [0.25, 0.3) is 0 Å². The number of aryl methyl sites for hydroxylation is 1. The first kappa shape index (κ1) is 18.0. The molecule has 2 amide bonds. The van der Waals surface area contributed by atoms with E-state index < -0.39 is 0 Å². The molecule has 1 aliphatic carbocycles. The van der Waals surface area contributed by atoms with E-state index in [4.69, 9.17) is 4.74 Å². The molecule has 0 unspecified atom stereocenters. The van der Waals surface area contributed by atoms with Gasteiger partial charge < -0.3 is 15.4 Å². The van der Waals surface area contributed by atoms with E-state index in [9.17, 15) is 9.59 Å². The predicted octanol–water partition coefficient (Wildman–Crippen LogP) is 3.08. The van der Waals surface area contributed by atoms with Gasteiger partial charge in [0.05, 0.1) is 0 Å². The monoisotopic (exact) mass is 352 g/mol. The number of hydrogen-bond donors (Lipinski definition) is 2. The van der Waals surface area contributed by atoms with Crippen molar-refractivity contribution in [2.75, 3.05) is 18.5 Å². The number of amides is 2. The van der Waals surface area contributed by atoms with Crippen LogP contribution in [-0.2, 0) is 16.0 Å². The van der Waals surface area contributed by atoms with E-state index in [0.717, 1.165) is 36.1 Å². The van der Waals surface area contributed by atoms with Gasteiger partial charge >= 0.3 is 0 Å². The minimum absolute atomic E-state index is 0.0370. The molecule has 0 aliphatic heterocycles. The van der Waals surface area contributed by atoms with Gasteiger partial charge in [-0.05, 0) is 56.0 Å². The molecule has 0 aromatic heterocycles. The highest BCUT2D eigenvalue weighted by Crippen LogP contribution is 2.28. The Morgan fingerprint density at radius 2 is 1.73 bits per heavy atom. The van der Waals surface area contributed by atoms with Gasteiger partial charge in [0, 0.05) is 18.2 Å². The van der Waals surface area contributed by atoms with Crippen LogP contribution in [0.3, 0.4) is 0 Å². The maximum Gasteiger partial charge on any atom is 0.262 e. The van der Waals surface area contributed by atoms with Gasteiger partial charge in [-0.3, -0.25) is 9.59 Å². The molecule has 26 heavy (non-hydrogen) atoms. The van der Waals surface area contributed by atoms with Gasteiger partial charge in [-0.25, -0.2) is 0 Å². The molecule has 3 rings (SSSR count). The van der Waals surface area contributed by atoms with Crippen LogP contribution in [0.1, 0.15) is 24.0 Å². The Kier molecular flexibility index (Phi) is 5.89. The average molecular weight is 352 g/mol. The van der Waals surface area contributed by atoms with Gasteiger partial charge in [0.25, 0.3) is 5.91 Å². The summed E-state index contributed by atoms with van der Waals surface area (Å²) in [6, 6.07) is 15.2. The number of anilines is 1. The lowest BCUT2D eigenvalue weighted by molar-refractivity contribution is -0.122. The average Bonchev–Trinajstić information content (AvgIpc) is 3.48. The highest BCUT2D eigenvalue weighted by Gasteiger charge is 2.28. The number of benzene rings is 2. The Labute approximate surface area is 153 Å². The Morgan fingerprint density at radius 1 is 1.04 bits per heavy atom. The van der Waals surface area contributed by atoms with Gasteiger partial charge in [-0.1, -0.05) is 29.8 Å². The van der Waals surface area contributed by atoms with Crippen LogP contribution >= 0.6 is 0 Å². The quantitative estimate of drug-likeness (QED) is 0.767. The van der Waals surface area contributed by atoms with Gasteiger partial charge in [-0.15, -0.1) is 0 Å². The maximum atomic E-state index is 11.9. The third kappa shape index (κ3) is 5.62. The van der Waals surface area contributed by atoms with Crippen molar-refractivity contribution < 1.29 is 14.3 Å². The van der Waals surface area contributed by atoms with Crippen LogP contribution in [0.15, 0.2) is 48.5 Å². The maximum absolute atomic E-state index is 11.9. The van der Waals surface area contributed by atoms with Crippen LogP contribution < -0.4 is 15.4 Å². The van der Waals surface area contributed by atoms with Crippen LogP contribution in [0.4, 0.5) is 5.69 Å². The normalized spacial score (nSPS) is 13.1. The molecular weight excluding hydrogens is 328 g/mol. The van der Waals surface area contributed by atoms with E-state index in [-0.39, 0.29) is 24.3 Å². The first-order chi connectivity index (χ1) is 12.6. The molecule has 0 bridgehead atoms. The molecule has 136 valence electrons. The molecule has 1 fully saturated rings. The molecule has 0 radical (unpaired) electrons. The summed E-state index contributed by atoms with van der Waals surface area (Å²) in [7, 11) is 0. The molecule has 2 N–H and O–H groups in total. The molecule has 1 aliphatic rings. The smallest absolute Gasteiger partial charge is 0.262 e. The van der Waals surface area contributed by atoms with Crippen molar-refractivity contribution >= 4 is 17.5 Å². The van der Waals surface area contributed by atoms with Gasteiger partial charge in [-0.2, -0.15) is 0 Å². The largest absolute Gasteiger partial charge is 0.484 e. The van der Waals surface area contributed by atoms with Crippen LogP contribution in [0.5, 0.6) is 5.75 Å². The summed E-state index contributed by atoms with van der Waals surface area (Å²) < 4.78 is 5.52. The zero-order valence-electron chi connectivity index (χ0n) is 15.0. The van der Waals surface area contributed by atoms with E-state index >= 15 is 0 Å². The fraction of sp³-hybridized carbons (Fsp3) is 0.333. The number of carbonyl (C=O) groups is 2. The van der Waals surface area contributed by atoms with Crippen molar-refractivity contribution in [3.05, 3.63) is 59.7 Å². The Morgan fingerprint density at radius 3 is 2.38 bits per heavy atom. The Bertz CT molecular complexity index is 750. The standard InChI is InChI=1S/C21H24N2O3/c1-15-2-8-18(9-3-15)23-20(24)14-26-19-10-4-16(5-11-19)12-13-22-21(25)17-6-7-17/h2-5,8-11,17H,6-7,12-14H2,1H3,(H,22,25)(H,23,24). The molecule has 5 nitrogen and oxygen atoms in total. The van der Waals surface area contributed by atoms with Gasteiger partial charge in [0.15, 0.2) is 6.61 Å². The number of rotatable bonds is 8. The summed E-state index contributed by atoms with van der Waals surface area (Å²) in [6.45, 7) is 2.61. The van der Waals surface area contributed by atoms with Crippen molar-refractivity contribution in [1.29, 1.82) is 0 Å². The fourth-order valence-corrected chi connectivity index (χ4v) is 2.56. The zero-order valence-corrected chi connectivity index (χ0v) is 15.0. The minimum atomic E-state index is -0.194. The molecular formula is C21H24N2O3. The van der Waals surface area contributed by atoms with Crippen LogP contribution in [-0.4, -0.2) is 25.0 Å². The third-order valence-corrected chi connectivity index (χ3v) is 4.29. The molecule has 2 aromatic carbocycles. The van der Waals surface area contributed by atoms with E-state index in [2.05, 4.69) is 10.6 Å². The first-order valence-corrected chi connectivity index (χ1v) is 8.96. The molecule has 0 atom stereocenters. The SMILES string of the molecule is Cc1ccc(NC(=O)COc2ccc(CCNC(=O)C3CC3)cc2)cc1. The lowest BCUT2D eigenvalue weighted by Crippen LogP contribution is -2.26. The molecule has 0 saturated heterocycles. The molecule has 5 heteroatoms. The van der Waals surface area contributed by atoms with Gasteiger partial charge in [0.2, 0.25) is 5.91 Å². The topological polar surface area (TPSA) is 67.4 Å². The number of hydrogen-bond acceptors (Lipinski definition) is 3. The molecule has 1 saturated carbocycles. The van der Waals surface area contributed by atoms with E-state index in [0.29, 0.717) is 12.3 Å². The summed E-state index contributed by atoms with van der Waals surface area (Å²) in [5.41, 5.74) is 3.02. The second-order valence-electron chi connectivity index (χ2n) is 6.66. The first-order valence-electron chi connectivity index (χ1n) is 8.96. The minimum Gasteiger partial charge on any atom is -0.484 e. The Balaban J connectivity index is 1.38. The highest BCUT2D eigenvalue weighted by molar-refractivity contribution is 5.91. The lowest BCUT2D eigenvalue weighted by Gasteiger charge is -2.09. The van der Waals surface area contributed by atoms with E-state index in [1.807, 2.05) is 55.5 Å². The van der Waals surface area contributed by atoms with Crippen molar-refractivity contribution in [3.8, 4) is 5.75 Å². The predicted molar refractivity (Wildman–Crippen MR) is 101 cm³/mol. The second kappa shape index (κ2) is 8.52. The highest BCUT2D eigenvalue weighted by atomic mass is 16.5. The van der Waals surface area contributed by atoms with Crippen molar-refractivity contribution in [2.24, 2.45) is 5.92 Å². The van der Waals surface area contributed by atoms with E-state index in [1.165, 1.54) is 0 Å². The molecule has 0 spiro atoms. The number of ether oxygens (including phenoxy) is 1. The second-order valence-corrected chi connectivity index (χ2v) is 6.66. The number of carbonyl (C=O) groups excluding carboxylic acids is 2. The lowest BCUT2D eigenvalue weighted by atomic mass is 10.1. The number of nitrogens with one attached hydrogen (secondary N) is 2. The van der Waals surface area contributed by atoms with Crippen molar-refractivity contribution in [3.63, 3.8) is 0 Å². The van der Waals surface area contributed by atoms with Crippen LogP contribution in [0, 0.1) is 12.8 Å². The van der Waals surface area contributed by atoms with Crippen molar-refractivity contribution in [1.82, 2.24) is 5.32 Å². The summed E-state index contributed by atoms with van der Waals surface area (Å²) in [4.78, 5) is 23.5.